The lowest BCUT2D eigenvalue weighted by molar-refractivity contribution is -0.136. The molecule has 2 N–H and O–H groups in total. The Hall–Kier alpha value is -1.71. The zero-order valence-corrected chi connectivity index (χ0v) is 8.23. The molecule has 0 amide bonds. The van der Waals surface area contributed by atoms with E-state index in [-0.39, 0.29) is 12.2 Å². The molecule has 1 aromatic carbocycles. The summed E-state index contributed by atoms with van der Waals surface area (Å²) in [6.07, 6.45) is 0.222. The lowest BCUT2D eigenvalue weighted by atomic mass is 10.3. The van der Waals surface area contributed by atoms with Gasteiger partial charge in [0.25, 0.3) is 0 Å². The summed E-state index contributed by atoms with van der Waals surface area (Å²) in [5, 5.41) is 16.7. The fraction of sp³-hybridized carbons (Fsp3) is 0.300. The quantitative estimate of drug-likeness (QED) is 0.761. The maximum Gasteiger partial charge on any atom is 0.303 e. The van der Waals surface area contributed by atoms with Gasteiger partial charge >= 0.3 is 5.97 Å². The summed E-state index contributed by atoms with van der Waals surface area (Å²) in [5.41, 5.74) is 0. The highest BCUT2D eigenvalue weighted by atomic mass is 16.5. The number of para-hydroxylation sites is 2. The molecule has 0 aliphatic carbocycles. The Morgan fingerprint density at radius 1 is 1.43 bits per heavy atom. The molecule has 0 fully saturated rings. The van der Waals surface area contributed by atoms with Gasteiger partial charge in [0.05, 0.1) is 7.11 Å². The Morgan fingerprint density at radius 3 is 2.21 bits per heavy atom. The molecular formula is C10H14O4. The number of methoxy groups -OCH3 is 1. The van der Waals surface area contributed by atoms with Crippen LogP contribution in [-0.2, 0) is 4.79 Å². The minimum absolute atomic E-state index is 0.181. The Labute approximate surface area is 82.8 Å². The molecule has 0 heterocycles. The van der Waals surface area contributed by atoms with Gasteiger partial charge in [0, 0.05) is 6.42 Å². The van der Waals surface area contributed by atoms with Crippen molar-refractivity contribution in [1.29, 1.82) is 0 Å². The second-order valence-corrected chi connectivity index (χ2v) is 2.42. The summed E-state index contributed by atoms with van der Waals surface area (Å²) < 4.78 is 4.79. The summed E-state index contributed by atoms with van der Waals surface area (Å²) in [6.45, 7) is 1.60. The molecule has 0 atom stereocenters. The summed E-state index contributed by atoms with van der Waals surface area (Å²) in [5.74, 6) is -0.0532. The molecule has 78 valence electrons. The molecule has 1 rings (SSSR count). The van der Waals surface area contributed by atoms with E-state index in [4.69, 9.17) is 14.9 Å². The van der Waals surface area contributed by atoms with Gasteiger partial charge in [-0.1, -0.05) is 19.1 Å². The van der Waals surface area contributed by atoms with Gasteiger partial charge in [-0.25, -0.2) is 0 Å². The first-order chi connectivity index (χ1) is 6.61. The number of aliphatic carboxylic acids is 1. The van der Waals surface area contributed by atoms with Gasteiger partial charge in [-0.2, -0.15) is 0 Å². The van der Waals surface area contributed by atoms with E-state index in [0.717, 1.165) is 0 Å². The second-order valence-electron chi connectivity index (χ2n) is 2.42. The van der Waals surface area contributed by atoms with Crippen molar-refractivity contribution in [2.75, 3.05) is 7.11 Å². The maximum atomic E-state index is 9.37. The van der Waals surface area contributed by atoms with Crippen LogP contribution in [0.25, 0.3) is 0 Å². The molecule has 0 saturated carbocycles. The van der Waals surface area contributed by atoms with Gasteiger partial charge in [-0.3, -0.25) is 4.79 Å². The predicted molar refractivity (Wildman–Crippen MR) is 52.6 cm³/mol. The Balaban J connectivity index is 0.000000292. The third kappa shape index (κ3) is 5.03. The van der Waals surface area contributed by atoms with Crippen molar-refractivity contribution in [3.63, 3.8) is 0 Å². The van der Waals surface area contributed by atoms with Crippen LogP contribution in [0.2, 0.25) is 0 Å². The highest BCUT2D eigenvalue weighted by Gasteiger charge is 1.94. The third-order valence-corrected chi connectivity index (χ3v) is 1.39. The highest BCUT2D eigenvalue weighted by molar-refractivity contribution is 5.66. The molecule has 0 aliphatic rings. The van der Waals surface area contributed by atoms with Crippen LogP contribution < -0.4 is 4.74 Å². The van der Waals surface area contributed by atoms with Crippen molar-refractivity contribution in [2.24, 2.45) is 0 Å². The average Bonchev–Trinajstić information content (AvgIpc) is 2.19. The number of rotatable bonds is 2. The van der Waals surface area contributed by atoms with Crippen molar-refractivity contribution in [3.05, 3.63) is 24.3 Å². The molecule has 0 saturated heterocycles. The van der Waals surface area contributed by atoms with Gasteiger partial charge in [0.2, 0.25) is 0 Å². The van der Waals surface area contributed by atoms with E-state index in [2.05, 4.69) is 0 Å². The number of aromatic hydroxyl groups is 1. The number of carboxylic acid groups (broad SMARTS) is 1. The van der Waals surface area contributed by atoms with E-state index in [1.807, 2.05) is 0 Å². The molecule has 0 aliphatic heterocycles. The van der Waals surface area contributed by atoms with Crippen molar-refractivity contribution < 1.29 is 19.7 Å². The number of carboxylic acids is 1. The first-order valence-corrected chi connectivity index (χ1v) is 4.15. The molecule has 14 heavy (non-hydrogen) atoms. The van der Waals surface area contributed by atoms with E-state index >= 15 is 0 Å². The normalized spacial score (nSPS) is 8.43. The molecule has 0 spiro atoms. The second kappa shape index (κ2) is 6.77. The van der Waals surface area contributed by atoms with Crippen molar-refractivity contribution >= 4 is 5.97 Å². The van der Waals surface area contributed by atoms with E-state index in [0.29, 0.717) is 5.75 Å². The molecule has 4 nitrogen and oxygen atoms in total. The standard InChI is InChI=1S/C7H8O2.C3H6O2/c1-9-7-5-3-2-4-6(7)8;1-2-3(4)5/h2-5,8H,1H3;2H2,1H3,(H,4,5). The summed E-state index contributed by atoms with van der Waals surface area (Å²) >= 11 is 0. The number of hydrogen-bond donors (Lipinski definition) is 2. The molecule has 0 bridgehead atoms. The van der Waals surface area contributed by atoms with E-state index in [1.54, 1.807) is 31.2 Å². The molecule has 1 aromatic rings. The molecule has 0 unspecified atom stereocenters. The first-order valence-electron chi connectivity index (χ1n) is 4.15. The van der Waals surface area contributed by atoms with Crippen LogP contribution in [0.15, 0.2) is 24.3 Å². The Kier molecular flexibility index (Phi) is 5.94. The molecule has 0 radical (unpaired) electrons. The largest absolute Gasteiger partial charge is 0.504 e. The fourth-order valence-electron chi connectivity index (χ4n) is 0.630. The summed E-state index contributed by atoms with van der Waals surface area (Å²) in [4.78, 5) is 9.37. The SMILES string of the molecule is CCC(=O)O.COc1ccccc1O. The molecule has 4 heteroatoms. The van der Waals surface area contributed by atoms with Gasteiger partial charge in [0.15, 0.2) is 11.5 Å². The van der Waals surface area contributed by atoms with Crippen LogP contribution in [0, 0.1) is 0 Å². The van der Waals surface area contributed by atoms with Crippen molar-refractivity contribution in [1.82, 2.24) is 0 Å². The topological polar surface area (TPSA) is 66.8 Å². The lowest BCUT2D eigenvalue weighted by Crippen LogP contribution is -1.86. The van der Waals surface area contributed by atoms with Crippen LogP contribution >= 0.6 is 0 Å². The van der Waals surface area contributed by atoms with Crippen LogP contribution in [-0.4, -0.2) is 23.3 Å². The summed E-state index contributed by atoms with van der Waals surface area (Å²) in [6, 6.07) is 6.84. The Morgan fingerprint density at radius 2 is 1.93 bits per heavy atom. The minimum atomic E-state index is -0.745. The van der Waals surface area contributed by atoms with E-state index < -0.39 is 5.97 Å². The van der Waals surface area contributed by atoms with Crippen LogP contribution in [0.5, 0.6) is 11.5 Å². The Bertz CT molecular complexity index is 283. The zero-order chi connectivity index (χ0) is 11.0. The zero-order valence-electron chi connectivity index (χ0n) is 8.23. The number of hydrogen-bond acceptors (Lipinski definition) is 3. The van der Waals surface area contributed by atoms with E-state index in [1.165, 1.54) is 7.11 Å². The number of ether oxygens (including phenoxy) is 1. The average molecular weight is 198 g/mol. The third-order valence-electron chi connectivity index (χ3n) is 1.39. The van der Waals surface area contributed by atoms with Gasteiger partial charge < -0.3 is 14.9 Å². The van der Waals surface area contributed by atoms with Crippen molar-refractivity contribution in [2.45, 2.75) is 13.3 Å². The number of phenolic OH excluding ortho intramolecular Hbond substituents is 1. The minimum Gasteiger partial charge on any atom is -0.504 e. The van der Waals surface area contributed by atoms with E-state index in [9.17, 15) is 4.79 Å². The van der Waals surface area contributed by atoms with Gasteiger partial charge in [-0.05, 0) is 12.1 Å². The maximum absolute atomic E-state index is 9.37. The molecule has 0 aromatic heterocycles. The smallest absolute Gasteiger partial charge is 0.303 e. The van der Waals surface area contributed by atoms with Crippen LogP contribution in [0.1, 0.15) is 13.3 Å². The number of carbonyl (C=O) groups is 1. The number of phenols is 1. The number of benzene rings is 1. The highest BCUT2D eigenvalue weighted by Crippen LogP contribution is 2.22. The summed E-state index contributed by atoms with van der Waals surface area (Å²) in [7, 11) is 1.52. The first kappa shape index (κ1) is 12.3. The van der Waals surface area contributed by atoms with Gasteiger partial charge in [0.1, 0.15) is 0 Å². The monoisotopic (exact) mass is 198 g/mol. The van der Waals surface area contributed by atoms with Gasteiger partial charge in [-0.15, -0.1) is 0 Å². The van der Waals surface area contributed by atoms with Crippen molar-refractivity contribution in [3.8, 4) is 11.5 Å². The van der Waals surface area contributed by atoms with Crippen LogP contribution in [0.3, 0.4) is 0 Å². The fourth-order valence-corrected chi connectivity index (χ4v) is 0.630. The predicted octanol–water partition coefficient (Wildman–Crippen LogP) is 1.88. The lowest BCUT2D eigenvalue weighted by Gasteiger charge is -1.99. The molecular weight excluding hydrogens is 184 g/mol. The van der Waals surface area contributed by atoms with Crippen LogP contribution in [0.4, 0.5) is 0 Å².